The van der Waals surface area contributed by atoms with Gasteiger partial charge in [0.2, 0.25) is 0 Å². The monoisotopic (exact) mass is 408 g/mol. The van der Waals surface area contributed by atoms with Crippen molar-refractivity contribution in [2.24, 2.45) is 0 Å². The number of anilines is 1. The number of hydrogen-bond acceptors (Lipinski definition) is 4. The van der Waals surface area contributed by atoms with E-state index in [1.807, 2.05) is 0 Å². The molecule has 1 unspecified atom stereocenters. The van der Waals surface area contributed by atoms with Crippen LogP contribution in [0.5, 0.6) is 0 Å². The van der Waals surface area contributed by atoms with Gasteiger partial charge in [-0.1, -0.05) is 34.8 Å². The molecule has 25 heavy (non-hydrogen) atoms. The third kappa shape index (κ3) is 4.78. The van der Waals surface area contributed by atoms with E-state index in [1.165, 1.54) is 19.2 Å². The highest BCUT2D eigenvalue weighted by Crippen LogP contribution is 2.24. The van der Waals surface area contributed by atoms with E-state index in [1.54, 1.807) is 0 Å². The predicted octanol–water partition coefficient (Wildman–Crippen LogP) is 4.50. The fourth-order valence-corrected chi connectivity index (χ4v) is 2.34. The van der Waals surface area contributed by atoms with Gasteiger partial charge in [0.05, 0.1) is 20.6 Å². The first kappa shape index (κ1) is 19.4. The minimum absolute atomic E-state index is 0.0184. The Kier molecular flexibility index (Phi) is 6.16. The van der Waals surface area contributed by atoms with Crippen LogP contribution in [0.2, 0.25) is 15.1 Å². The first-order chi connectivity index (χ1) is 11.7. The average Bonchev–Trinajstić information content (AvgIpc) is 2.53. The van der Waals surface area contributed by atoms with Crippen molar-refractivity contribution in [3.8, 4) is 0 Å². The molecule has 0 spiro atoms. The zero-order valence-electron chi connectivity index (χ0n) is 12.4. The van der Waals surface area contributed by atoms with Crippen LogP contribution in [-0.2, 0) is 9.53 Å². The van der Waals surface area contributed by atoms with Crippen molar-refractivity contribution in [3.05, 3.63) is 56.7 Å². The summed E-state index contributed by atoms with van der Waals surface area (Å²) in [4.78, 5) is 27.8. The summed E-state index contributed by atoms with van der Waals surface area (Å²) in [5.74, 6) is -4.31. The van der Waals surface area contributed by atoms with E-state index < -0.39 is 35.2 Å². The van der Waals surface area contributed by atoms with Crippen molar-refractivity contribution in [1.29, 1.82) is 0 Å². The van der Waals surface area contributed by atoms with Gasteiger partial charge in [0.1, 0.15) is 0 Å². The van der Waals surface area contributed by atoms with Crippen molar-refractivity contribution in [1.82, 2.24) is 4.98 Å². The zero-order chi connectivity index (χ0) is 18.7. The fourth-order valence-electron chi connectivity index (χ4n) is 1.68. The van der Waals surface area contributed by atoms with Gasteiger partial charge < -0.3 is 10.1 Å². The topological polar surface area (TPSA) is 68.3 Å². The van der Waals surface area contributed by atoms with Gasteiger partial charge in [0.15, 0.2) is 23.6 Å². The summed E-state index contributed by atoms with van der Waals surface area (Å²) in [5, 5.41) is 2.36. The van der Waals surface area contributed by atoms with Crippen molar-refractivity contribution in [2.45, 2.75) is 13.0 Å². The first-order valence-electron chi connectivity index (χ1n) is 6.66. The van der Waals surface area contributed by atoms with Crippen molar-refractivity contribution >= 4 is 52.5 Å². The highest BCUT2D eigenvalue weighted by atomic mass is 35.5. The Morgan fingerprint density at radius 1 is 1.12 bits per heavy atom. The van der Waals surface area contributed by atoms with Gasteiger partial charge in [-0.2, -0.15) is 0 Å². The molecule has 1 atom stereocenters. The summed E-state index contributed by atoms with van der Waals surface area (Å²) >= 11 is 17.2. The molecule has 1 amide bonds. The second-order valence-electron chi connectivity index (χ2n) is 4.77. The van der Waals surface area contributed by atoms with Crippen LogP contribution in [0.15, 0.2) is 24.4 Å². The van der Waals surface area contributed by atoms with Crippen LogP contribution in [0.1, 0.15) is 17.3 Å². The first-order valence-corrected chi connectivity index (χ1v) is 7.80. The van der Waals surface area contributed by atoms with E-state index in [-0.39, 0.29) is 20.9 Å². The average molecular weight is 410 g/mol. The molecule has 0 bridgehead atoms. The molecule has 132 valence electrons. The van der Waals surface area contributed by atoms with Gasteiger partial charge in [-0.25, -0.2) is 18.6 Å². The van der Waals surface area contributed by atoms with Crippen LogP contribution in [0, 0.1) is 11.6 Å². The molecule has 2 rings (SSSR count). The number of esters is 1. The van der Waals surface area contributed by atoms with Crippen LogP contribution >= 0.6 is 34.8 Å². The summed E-state index contributed by atoms with van der Waals surface area (Å²) in [5.41, 5.74) is -0.414. The maximum absolute atomic E-state index is 13.2. The molecule has 2 aromatic rings. The van der Waals surface area contributed by atoms with E-state index in [0.717, 1.165) is 0 Å². The summed E-state index contributed by atoms with van der Waals surface area (Å²) in [7, 11) is 0. The van der Waals surface area contributed by atoms with E-state index in [0.29, 0.717) is 12.1 Å². The molecular formula is C15H9Cl3F2N2O3. The fraction of sp³-hybridized carbons (Fsp3) is 0.133. The molecule has 0 saturated heterocycles. The van der Waals surface area contributed by atoms with Gasteiger partial charge in [0, 0.05) is 6.20 Å². The number of hydrogen-bond donors (Lipinski definition) is 1. The Labute approximate surface area is 155 Å². The standard InChI is InChI=1S/C15H9Cl3F2N2O3/c1-6(14(23)22-13-10(18)2-7(16)5-21-13)25-15(24)8-3-11(19)12(20)4-9(8)17/h2-6H,1H3,(H,21,22,23). The van der Waals surface area contributed by atoms with Gasteiger partial charge in [-0.05, 0) is 25.1 Å². The molecule has 1 heterocycles. The maximum atomic E-state index is 13.2. The smallest absolute Gasteiger partial charge is 0.340 e. The number of amides is 1. The molecule has 5 nitrogen and oxygen atoms in total. The second-order valence-corrected chi connectivity index (χ2v) is 6.02. The van der Waals surface area contributed by atoms with Crippen molar-refractivity contribution in [2.75, 3.05) is 5.32 Å². The summed E-state index contributed by atoms with van der Waals surface area (Å²) in [6.45, 7) is 1.27. The number of nitrogens with one attached hydrogen (secondary N) is 1. The number of carbonyl (C=O) groups excluding carboxylic acids is 2. The molecule has 1 aromatic carbocycles. The van der Waals surface area contributed by atoms with Gasteiger partial charge >= 0.3 is 5.97 Å². The van der Waals surface area contributed by atoms with E-state index in [2.05, 4.69) is 10.3 Å². The molecule has 0 fully saturated rings. The lowest BCUT2D eigenvalue weighted by Gasteiger charge is -2.14. The van der Waals surface area contributed by atoms with E-state index in [9.17, 15) is 18.4 Å². The SMILES string of the molecule is CC(OC(=O)c1cc(F)c(F)cc1Cl)C(=O)Nc1ncc(Cl)cc1Cl. The number of rotatable bonds is 4. The van der Waals surface area contributed by atoms with Crippen LogP contribution in [-0.4, -0.2) is 23.0 Å². The number of ether oxygens (including phenoxy) is 1. The van der Waals surface area contributed by atoms with Gasteiger partial charge in [0.25, 0.3) is 5.91 Å². The minimum atomic E-state index is -1.29. The number of halogens is 5. The number of benzene rings is 1. The van der Waals surface area contributed by atoms with E-state index >= 15 is 0 Å². The molecule has 0 aliphatic carbocycles. The lowest BCUT2D eigenvalue weighted by Crippen LogP contribution is -2.30. The molecule has 1 N–H and O–H groups in total. The van der Waals surface area contributed by atoms with Crippen molar-refractivity contribution in [3.63, 3.8) is 0 Å². The minimum Gasteiger partial charge on any atom is -0.449 e. The zero-order valence-corrected chi connectivity index (χ0v) is 14.7. The Hall–Kier alpha value is -1.96. The summed E-state index contributed by atoms with van der Waals surface area (Å²) < 4.78 is 31.1. The molecule has 1 aromatic heterocycles. The summed E-state index contributed by atoms with van der Waals surface area (Å²) in [6.07, 6.45) is -0.0222. The number of pyridine rings is 1. The highest BCUT2D eigenvalue weighted by molar-refractivity contribution is 6.36. The van der Waals surface area contributed by atoms with Crippen molar-refractivity contribution < 1.29 is 23.1 Å². The second kappa shape index (κ2) is 7.95. The lowest BCUT2D eigenvalue weighted by molar-refractivity contribution is -0.123. The molecule has 10 heteroatoms. The van der Waals surface area contributed by atoms with Crippen LogP contribution in [0.25, 0.3) is 0 Å². The third-order valence-electron chi connectivity index (χ3n) is 2.93. The molecule has 0 saturated carbocycles. The predicted molar refractivity (Wildman–Crippen MR) is 89.1 cm³/mol. The van der Waals surface area contributed by atoms with E-state index in [4.69, 9.17) is 39.5 Å². The number of carbonyl (C=O) groups is 2. The lowest BCUT2D eigenvalue weighted by atomic mass is 10.2. The normalized spacial score (nSPS) is 11.8. The molecule has 0 radical (unpaired) electrons. The quantitative estimate of drug-likeness (QED) is 0.596. The van der Waals surface area contributed by atoms with Gasteiger partial charge in [-0.3, -0.25) is 4.79 Å². The highest BCUT2D eigenvalue weighted by Gasteiger charge is 2.23. The van der Waals surface area contributed by atoms with Crippen LogP contribution in [0.4, 0.5) is 14.6 Å². The Morgan fingerprint density at radius 3 is 2.40 bits per heavy atom. The van der Waals surface area contributed by atoms with Crippen LogP contribution < -0.4 is 5.32 Å². The van der Waals surface area contributed by atoms with Gasteiger partial charge in [-0.15, -0.1) is 0 Å². The number of nitrogens with zero attached hydrogens (tertiary/aromatic N) is 1. The molecule has 0 aliphatic rings. The Morgan fingerprint density at radius 2 is 1.76 bits per heavy atom. The number of aromatic nitrogens is 1. The third-order valence-corrected chi connectivity index (χ3v) is 3.74. The Balaban J connectivity index is 2.08. The largest absolute Gasteiger partial charge is 0.449 e. The maximum Gasteiger partial charge on any atom is 0.340 e. The Bertz CT molecular complexity index is 849. The van der Waals surface area contributed by atoms with Crippen LogP contribution in [0.3, 0.4) is 0 Å². The molecular weight excluding hydrogens is 401 g/mol. The summed E-state index contributed by atoms with van der Waals surface area (Å²) in [6, 6.07) is 2.58. The molecule has 0 aliphatic heterocycles.